The van der Waals surface area contributed by atoms with Crippen molar-refractivity contribution in [3.63, 3.8) is 0 Å². The molecule has 2 heterocycles. The number of hydrogen-bond donors (Lipinski definition) is 0. The number of benzene rings is 1. The molecular weight excluding hydrogens is 293 g/mol. The average Bonchev–Trinajstić information content (AvgIpc) is 2.67. The monoisotopic (exact) mass is 313 g/mol. The third-order valence-electron chi connectivity index (χ3n) is 5.16. The molecule has 2 aliphatic heterocycles. The van der Waals surface area contributed by atoms with Gasteiger partial charge in [-0.15, -0.1) is 0 Å². The molecule has 2 bridgehead atoms. The largest absolute Gasteiger partial charge is 0.384 e. The van der Waals surface area contributed by atoms with E-state index in [4.69, 9.17) is 27.9 Å². The maximum Gasteiger partial charge on any atom is 0.0595 e. The van der Waals surface area contributed by atoms with Crippen LogP contribution in [0, 0.1) is 5.92 Å². The lowest BCUT2D eigenvalue weighted by atomic mass is 9.76. The Kier molecular flexibility index (Phi) is 4.28. The van der Waals surface area contributed by atoms with Crippen molar-refractivity contribution in [2.75, 3.05) is 20.8 Å². The second kappa shape index (κ2) is 5.84. The minimum Gasteiger partial charge on any atom is -0.384 e. The van der Waals surface area contributed by atoms with E-state index in [1.165, 1.54) is 24.8 Å². The van der Waals surface area contributed by atoms with Gasteiger partial charge in [0.15, 0.2) is 0 Å². The van der Waals surface area contributed by atoms with Crippen molar-refractivity contribution in [2.24, 2.45) is 5.92 Å². The zero-order valence-corrected chi connectivity index (χ0v) is 13.5. The molecule has 4 heteroatoms. The molecule has 20 heavy (non-hydrogen) atoms. The molecule has 0 saturated carbocycles. The van der Waals surface area contributed by atoms with Crippen LogP contribution in [0.3, 0.4) is 0 Å². The minimum absolute atomic E-state index is 0.526. The van der Waals surface area contributed by atoms with E-state index < -0.39 is 0 Å². The summed E-state index contributed by atoms with van der Waals surface area (Å²) in [5, 5.41) is 1.29. The first-order valence-corrected chi connectivity index (χ1v) is 8.03. The van der Waals surface area contributed by atoms with Gasteiger partial charge >= 0.3 is 0 Å². The SMILES string of the molecule is COC[C@@H]1[C@H](c2ccc(Cl)c(Cl)c2)C[C@H]2CC[C@@H]1N2C. The molecule has 110 valence electrons. The van der Waals surface area contributed by atoms with Gasteiger partial charge in [-0.25, -0.2) is 0 Å². The van der Waals surface area contributed by atoms with Crippen LogP contribution in [0.25, 0.3) is 0 Å². The Bertz CT molecular complexity index is 493. The van der Waals surface area contributed by atoms with Crippen molar-refractivity contribution in [3.8, 4) is 0 Å². The molecule has 0 N–H and O–H groups in total. The van der Waals surface area contributed by atoms with Crippen molar-refractivity contribution >= 4 is 23.2 Å². The van der Waals surface area contributed by atoms with E-state index in [0.29, 0.717) is 34.0 Å². The summed E-state index contributed by atoms with van der Waals surface area (Å²) < 4.78 is 5.50. The third-order valence-corrected chi connectivity index (χ3v) is 5.90. The maximum absolute atomic E-state index is 6.20. The fraction of sp³-hybridized carbons (Fsp3) is 0.625. The lowest BCUT2D eigenvalue weighted by molar-refractivity contribution is 0.0405. The lowest BCUT2D eigenvalue weighted by Gasteiger charge is -2.43. The molecule has 1 aromatic rings. The number of hydrogen-bond acceptors (Lipinski definition) is 2. The summed E-state index contributed by atoms with van der Waals surface area (Å²) in [5.74, 6) is 1.07. The van der Waals surface area contributed by atoms with E-state index in [0.717, 1.165) is 6.61 Å². The van der Waals surface area contributed by atoms with Crippen molar-refractivity contribution in [1.29, 1.82) is 0 Å². The van der Waals surface area contributed by atoms with Gasteiger partial charge in [-0.05, 0) is 49.9 Å². The fourth-order valence-corrected chi connectivity index (χ4v) is 4.43. The Balaban J connectivity index is 1.92. The lowest BCUT2D eigenvalue weighted by Crippen LogP contribution is -2.47. The molecule has 2 aliphatic rings. The summed E-state index contributed by atoms with van der Waals surface area (Å²) >= 11 is 12.2. The van der Waals surface area contributed by atoms with Crippen LogP contribution in [0.4, 0.5) is 0 Å². The number of nitrogens with zero attached hydrogens (tertiary/aromatic N) is 1. The Morgan fingerprint density at radius 3 is 2.75 bits per heavy atom. The first-order chi connectivity index (χ1) is 9.61. The molecule has 0 spiro atoms. The van der Waals surface area contributed by atoms with Crippen molar-refractivity contribution in [1.82, 2.24) is 4.90 Å². The number of halogens is 2. The zero-order chi connectivity index (χ0) is 14.3. The van der Waals surface area contributed by atoms with Crippen LogP contribution in [0.2, 0.25) is 10.0 Å². The minimum atomic E-state index is 0.526. The van der Waals surface area contributed by atoms with E-state index in [1.54, 1.807) is 7.11 Å². The highest BCUT2D eigenvalue weighted by molar-refractivity contribution is 6.42. The molecule has 4 atom stereocenters. The van der Waals surface area contributed by atoms with Crippen LogP contribution in [0.15, 0.2) is 18.2 Å². The zero-order valence-electron chi connectivity index (χ0n) is 12.0. The summed E-state index contributed by atoms with van der Waals surface area (Å²) in [7, 11) is 4.06. The van der Waals surface area contributed by atoms with Crippen LogP contribution in [0.1, 0.15) is 30.7 Å². The van der Waals surface area contributed by atoms with Crippen molar-refractivity contribution < 1.29 is 4.74 Å². The normalized spacial score (nSPS) is 33.6. The van der Waals surface area contributed by atoms with Crippen LogP contribution in [-0.2, 0) is 4.74 Å². The van der Waals surface area contributed by atoms with Crippen LogP contribution < -0.4 is 0 Å². The highest BCUT2D eigenvalue weighted by atomic mass is 35.5. The summed E-state index contributed by atoms with van der Waals surface area (Å²) in [4.78, 5) is 2.55. The number of fused-ring (bicyclic) bond motifs is 2. The molecule has 2 nitrogen and oxygen atoms in total. The molecule has 2 saturated heterocycles. The fourth-order valence-electron chi connectivity index (χ4n) is 4.12. The number of piperidine rings is 1. The highest BCUT2D eigenvalue weighted by Gasteiger charge is 2.45. The predicted molar refractivity (Wildman–Crippen MR) is 83.8 cm³/mol. The molecule has 0 aliphatic carbocycles. The van der Waals surface area contributed by atoms with Gasteiger partial charge in [0.05, 0.1) is 16.7 Å². The summed E-state index contributed by atoms with van der Waals surface area (Å²) in [6.07, 6.45) is 3.78. The molecule has 0 unspecified atom stereocenters. The first-order valence-electron chi connectivity index (χ1n) is 7.27. The smallest absolute Gasteiger partial charge is 0.0595 e. The van der Waals surface area contributed by atoms with Gasteiger partial charge < -0.3 is 9.64 Å². The van der Waals surface area contributed by atoms with Crippen LogP contribution in [0.5, 0.6) is 0 Å². The van der Waals surface area contributed by atoms with Gasteiger partial charge in [-0.3, -0.25) is 0 Å². The van der Waals surface area contributed by atoms with Gasteiger partial charge in [0.25, 0.3) is 0 Å². The number of rotatable bonds is 3. The van der Waals surface area contributed by atoms with E-state index in [2.05, 4.69) is 18.0 Å². The summed E-state index contributed by atoms with van der Waals surface area (Å²) in [5.41, 5.74) is 1.31. The quantitative estimate of drug-likeness (QED) is 0.829. The van der Waals surface area contributed by atoms with Gasteiger partial charge in [0.1, 0.15) is 0 Å². The molecule has 3 rings (SSSR count). The van der Waals surface area contributed by atoms with Gasteiger partial charge in [-0.2, -0.15) is 0 Å². The van der Waals surface area contributed by atoms with Gasteiger partial charge in [0.2, 0.25) is 0 Å². The predicted octanol–water partition coefficient (Wildman–Crippen LogP) is 4.21. The first kappa shape index (κ1) is 14.6. The Morgan fingerprint density at radius 1 is 1.25 bits per heavy atom. The van der Waals surface area contributed by atoms with Gasteiger partial charge in [-0.1, -0.05) is 29.3 Å². The Morgan fingerprint density at radius 2 is 2.05 bits per heavy atom. The van der Waals surface area contributed by atoms with Gasteiger partial charge in [0, 0.05) is 25.1 Å². The number of methoxy groups -OCH3 is 1. The van der Waals surface area contributed by atoms with Crippen molar-refractivity contribution in [2.45, 2.75) is 37.3 Å². The molecule has 0 aromatic heterocycles. The average molecular weight is 314 g/mol. The topological polar surface area (TPSA) is 12.5 Å². The van der Waals surface area contributed by atoms with Crippen LogP contribution >= 0.6 is 23.2 Å². The molecule has 0 radical (unpaired) electrons. The summed E-state index contributed by atoms with van der Waals surface area (Å²) in [6.45, 7) is 0.812. The summed E-state index contributed by atoms with van der Waals surface area (Å²) in [6, 6.07) is 7.43. The molecule has 2 fully saturated rings. The van der Waals surface area contributed by atoms with E-state index in [9.17, 15) is 0 Å². The number of ether oxygens (including phenoxy) is 1. The molecule has 1 aromatic carbocycles. The second-order valence-corrected chi connectivity index (χ2v) is 6.91. The van der Waals surface area contributed by atoms with E-state index in [1.807, 2.05) is 12.1 Å². The highest BCUT2D eigenvalue weighted by Crippen LogP contribution is 2.46. The third kappa shape index (κ3) is 2.48. The van der Waals surface area contributed by atoms with Crippen molar-refractivity contribution in [3.05, 3.63) is 33.8 Å². The Hall–Kier alpha value is -0.280. The van der Waals surface area contributed by atoms with E-state index in [-0.39, 0.29) is 0 Å². The standard InChI is InChI=1S/C16H21Cl2NO/c1-19-11-4-6-16(19)13(9-20-2)12(8-11)10-3-5-14(17)15(18)7-10/h3,5,7,11-13,16H,4,6,8-9H2,1-2H3/t11-,12+,13-,16+/m1/s1. The molecular formula is C16H21Cl2NO. The second-order valence-electron chi connectivity index (χ2n) is 6.10. The van der Waals surface area contributed by atoms with E-state index >= 15 is 0 Å². The molecule has 0 amide bonds. The Labute approximate surface area is 131 Å². The maximum atomic E-state index is 6.20. The van der Waals surface area contributed by atoms with Crippen LogP contribution in [-0.4, -0.2) is 37.7 Å².